The molecule has 1 aromatic rings. The van der Waals surface area contributed by atoms with Gasteiger partial charge in [-0.05, 0) is 38.0 Å². The van der Waals surface area contributed by atoms with E-state index in [1.54, 1.807) is 10.9 Å². The standard InChI is InChI=1S/C15H21N3O3/c1-2-18-8-9(7-17-18)6-16-14(19)12-10-3-4-11(5-10)13(12)15(20)21/h7-8,10-13H,2-6H2,1H3,(H,16,19)(H,20,21)/t10-,11-,12-,13-/m0/s1. The molecule has 0 unspecified atom stereocenters. The number of amides is 1. The van der Waals surface area contributed by atoms with E-state index in [-0.39, 0.29) is 23.7 Å². The summed E-state index contributed by atoms with van der Waals surface area (Å²) in [6.07, 6.45) is 6.47. The molecule has 1 amide bonds. The third kappa shape index (κ3) is 2.54. The van der Waals surface area contributed by atoms with Crippen molar-refractivity contribution in [3.8, 4) is 0 Å². The predicted octanol–water partition coefficient (Wildman–Crippen LogP) is 1.27. The molecule has 2 bridgehead atoms. The summed E-state index contributed by atoms with van der Waals surface area (Å²) in [6, 6.07) is 0. The first-order chi connectivity index (χ1) is 10.1. The lowest BCUT2D eigenvalue weighted by molar-refractivity contribution is -0.149. The number of aromatic nitrogens is 2. The van der Waals surface area contributed by atoms with Crippen molar-refractivity contribution in [2.75, 3.05) is 0 Å². The van der Waals surface area contributed by atoms with Crippen LogP contribution in [-0.2, 0) is 22.7 Å². The van der Waals surface area contributed by atoms with Gasteiger partial charge in [-0.1, -0.05) is 0 Å². The molecule has 0 saturated heterocycles. The largest absolute Gasteiger partial charge is 0.481 e. The van der Waals surface area contributed by atoms with E-state index in [1.807, 2.05) is 13.1 Å². The lowest BCUT2D eigenvalue weighted by Crippen LogP contribution is -2.41. The van der Waals surface area contributed by atoms with E-state index in [0.717, 1.165) is 31.4 Å². The van der Waals surface area contributed by atoms with Gasteiger partial charge in [0.1, 0.15) is 0 Å². The number of nitrogens with zero attached hydrogens (tertiary/aromatic N) is 2. The molecule has 114 valence electrons. The van der Waals surface area contributed by atoms with Crippen molar-refractivity contribution >= 4 is 11.9 Å². The van der Waals surface area contributed by atoms with Crippen LogP contribution in [0.25, 0.3) is 0 Å². The third-order valence-electron chi connectivity index (χ3n) is 4.98. The lowest BCUT2D eigenvalue weighted by atomic mass is 9.78. The Bertz CT molecular complexity index is 554. The van der Waals surface area contributed by atoms with Crippen molar-refractivity contribution in [1.82, 2.24) is 15.1 Å². The van der Waals surface area contributed by atoms with Gasteiger partial charge in [0.25, 0.3) is 0 Å². The molecular formula is C15H21N3O3. The zero-order valence-corrected chi connectivity index (χ0v) is 12.2. The van der Waals surface area contributed by atoms with Gasteiger partial charge in [0.15, 0.2) is 0 Å². The van der Waals surface area contributed by atoms with Crippen LogP contribution in [0.5, 0.6) is 0 Å². The number of nitrogens with one attached hydrogen (secondary N) is 1. The van der Waals surface area contributed by atoms with Crippen LogP contribution < -0.4 is 5.32 Å². The summed E-state index contributed by atoms with van der Waals surface area (Å²) in [5.41, 5.74) is 0.945. The Morgan fingerprint density at radius 2 is 2.10 bits per heavy atom. The second-order valence-electron chi connectivity index (χ2n) is 6.15. The molecule has 2 aliphatic rings. The highest BCUT2D eigenvalue weighted by atomic mass is 16.4. The van der Waals surface area contributed by atoms with Gasteiger partial charge in [-0.3, -0.25) is 14.3 Å². The van der Waals surface area contributed by atoms with Crippen molar-refractivity contribution < 1.29 is 14.7 Å². The minimum Gasteiger partial charge on any atom is -0.481 e. The Balaban J connectivity index is 1.63. The summed E-state index contributed by atoms with van der Waals surface area (Å²) in [5.74, 6) is -1.36. The molecule has 0 aromatic carbocycles. The van der Waals surface area contributed by atoms with E-state index >= 15 is 0 Å². The SMILES string of the molecule is CCn1cc(CNC(=O)[C@H]2[C@H]3CC[C@@H](C3)[C@@H]2C(=O)O)cn1. The Labute approximate surface area is 123 Å². The van der Waals surface area contributed by atoms with Gasteiger partial charge in [0.05, 0.1) is 18.0 Å². The van der Waals surface area contributed by atoms with Crippen molar-refractivity contribution in [2.24, 2.45) is 23.7 Å². The number of aryl methyl sites for hydroxylation is 1. The molecule has 4 atom stereocenters. The summed E-state index contributed by atoms with van der Waals surface area (Å²) in [6.45, 7) is 3.21. The van der Waals surface area contributed by atoms with E-state index in [9.17, 15) is 14.7 Å². The van der Waals surface area contributed by atoms with Crippen LogP contribution >= 0.6 is 0 Å². The number of aliphatic carboxylic acids is 1. The molecule has 0 radical (unpaired) electrons. The minimum atomic E-state index is -0.818. The van der Waals surface area contributed by atoms with Crippen LogP contribution in [0.1, 0.15) is 31.7 Å². The highest BCUT2D eigenvalue weighted by Gasteiger charge is 2.53. The maximum absolute atomic E-state index is 12.4. The maximum atomic E-state index is 12.4. The zero-order valence-electron chi connectivity index (χ0n) is 12.2. The van der Waals surface area contributed by atoms with Gasteiger partial charge >= 0.3 is 5.97 Å². The van der Waals surface area contributed by atoms with Crippen LogP contribution in [0.4, 0.5) is 0 Å². The molecule has 1 heterocycles. The molecule has 0 spiro atoms. The minimum absolute atomic E-state index is 0.112. The normalized spacial score (nSPS) is 30.5. The average Bonchev–Trinajstić information content (AvgIpc) is 3.18. The first-order valence-electron chi connectivity index (χ1n) is 7.62. The van der Waals surface area contributed by atoms with Crippen LogP contribution in [0.3, 0.4) is 0 Å². The fourth-order valence-corrected chi connectivity index (χ4v) is 4.00. The van der Waals surface area contributed by atoms with E-state index in [0.29, 0.717) is 6.54 Å². The highest BCUT2D eigenvalue weighted by molar-refractivity contribution is 5.86. The van der Waals surface area contributed by atoms with Gasteiger partial charge in [0.2, 0.25) is 5.91 Å². The fourth-order valence-electron chi connectivity index (χ4n) is 4.00. The van der Waals surface area contributed by atoms with E-state index in [4.69, 9.17) is 0 Å². The molecule has 6 heteroatoms. The van der Waals surface area contributed by atoms with Crippen LogP contribution in [0, 0.1) is 23.7 Å². The van der Waals surface area contributed by atoms with Gasteiger partial charge in [-0.25, -0.2) is 0 Å². The number of carbonyl (C=O) groups is 2. The summed E-state index contributed by atoms with van der Waals surface area (Å²) < 4.78 is 1.80. The van der Waals surface area contributed by atoms with Gasteiger partial charge in [-0.2, -0.15) is 5.10 Å². The molecular weight excluding hydrogens is 270 g/mol. The molecule has 21 heavy (non-hydrogen) atoms. The highest BCUT2D eigenvalue weighted by Crippen LogP contribution is 2.52. The average molecular weight is 291 g/mol. The Kier molecular flexibility index (Phi) is 3.69. The maximum Gasteiger partial charge on any atom is 0.307 e. The summed E-state index contributed by atoms with van der Waals surface area (Å²) >= 11 is 0. The van der Waals surface area contributed by atoms with Gasteiger partial charge < -0.3 is 10.4 Å². The van der Waals surface area contributed by atoms with Crippen LogP contribution in [0.15, 0.2) is 12.4 Å². The number of hydrogen-bond donors (Lipinski definition) is 2. The lowest BCUT2D eigenvalue weighted by Gasteiger charge is -2.26. The second-order valence-corrected chi connectivity index (χ2v) is 6.15. The van der Waals surface area contributed by atoms with Crippen molar-refractivity contribution in [2.45, 2.75) is 39.3 Å². The van der Waals surface area contributed by atoms with Crippen molar-refractivity contribution in [3.63, 3.8) is 0 Å². The van der Waals surface area contributed by atoms with Crippen LogP contribution in [0.2, 0.25) is 0 Å². The molecule has 2 N–H and O–H groups in total. The summed E-state index contributed by atoms with van der Waals surface area (Å²) in [4.78, 5) is 23.8. The molecule has 2 aliphatic carbocycles. The molecule has 6 nitrogen and oxygen atoms in total. The topological polar surface area (TPSA) is 84.2 Å². The van der Waals surface area contributed by atoms with E-state index < -0.39 is 11.9 Å². The second kappa shape index (κ2) is 5.50. The quantitative estimate of drug-likeness (QED) is 0.855. The number of fused-ring (bicyclic) bond motifs is 2. The molecule has 1 aromatic heterocycles. The van der Waals surface area contributed by atoms with Crippen molar-refractivity contribution in [3.05, 3.63) is 18.0 Å². The smallest absolute Gasteiger partial charge is 0.307 e. The predicted molar refractivity (Wildman–Crippen MR) is 75.2 cm³/mol. The van der Waals surface area contributed by atoms with Gasteiger partial charge in [-0.15, -0.1) is 0 Å². The number of hydrogen-bond acceptors (Lipinski definition) is 3. The number of carbonyl (C=O) groups excluding carboxylic acids is 1. The number of carboxylic acid groups (broad SMARTS) is 1. The molecule has 3 rings (SSSR count). The number of rotatable bonds is 5. The Hall–Kier alpha value is -1.85. The molecule has 2 saturated carbocycles. The first-order valence-corrected chi connectivity index (χ1v) is 7.62. The van der Waals surface area contributed by atoms with E-state index in [1.165, 1.54) is 0 Å². The monoisotopic (exact) mass is 291 g/mol. The molecule has 2 fully saturated rings. The first kappa shape index (κ1) is 14.1. The van der Waals surface area contributed by atoms with Crippen molar-refractivity contribution in [1.29, 1.82) is 0 Å². The Morgan fingerprint density at radius 1 is 1.38 bits per heavy atom. The van der Waals surface area contributed by atoms with Gasteiger partial charge in [0, 0.05) is 24.8 Å². The van der Waals surface area contributed by atoms with Crippen LogP contribution in [-0.4, -0.2) is 26.8 Å². The molecule has 0 aliphatic heterocycles. The summed E-state index contributed by atoms with van der Waals surface area (Å²) in [7, 11) is 0. The fraction of sp³-hybridized carbons (Fsp3) is 0.667. The summed E-state index contributed by atoms with van der Waals surface area (Å²) in [5, 5.41) is 16.4. The third-order valence-corrected chi connectivity index (χ3v) is 4.98. The zero-order chi connectivity index (χ0) is 15.0. The van der Waals surface area contributed by atoms with E-state index in [2.05, 4.69) is 10.4 Å². The number of carboxylic acids is 1. The Morgan fingerprint density at radius 3 is 2.71 bits per heavy atom.